The molecule has 1 atom stereocenters. The summed E-state index contributed by atoms with van der Waals surface area (Å²) in [5.74, 6) is -0.0633. The maximum atomic E-state index is 11.6. The Labute approximate surface area is 106 Å². The normalized spacial score (nSPS) is 18.8. The molecule has 0 spiro atoms. The molecule has 2 amide bonds. The van der Waals surface area contributed by atoms with Crippen molar-refractivity contribution in [2.24, 2.45) is 0 Å². The number of nitrogens with zero attached hydrogens (tertiary/aromatic N) is 1. The number of likely N-dealkylation sites (tertiary alicyclic amines) is 1. The lowest BCUT2D eigenvalue weighted by molar-refractivity contribution is -0.128. The lowest BCUT2D eigenvalue weighted by atomic mass is 10.2. The van der Waals surface area contributed by atoms with Crippen LogP contribution in [-0.2, 0) is 16.1 Å². The molecule has 1 aromatic rings. The molecule has 1 unspecified atom stereocenters. The SMILES string of the molecule is CN1CCC(NC(=O)OCc2ccccc2)C1=O. The van der Waals surface area contributed by atoms with E-state index in [2.05, 4.69) is 5.32 Å². The third-order valence-electron chi connectivity index (χ3n) is 2.93. The van der Waals surface area contributed by atoms with Gasteiger partial charge in [-0.25, -0.2) is 4.79 Å². The van der Waals surface area contributed by atoms with Crippen molar-refractivity contribution in [3.8, 4) is 0 Å². The molecule has 5 heteroatoms. The molecule has 0 aromatic heterocycles. The number of alkyl carbamates (subject to hydrolysis) is 1. The van der Waals surface area contributed by atoms with Crippen LogP contribution in [0.15, 0.2) is 30.3 Å². The molecule has 1 aromatic carbocycles. The van der Waals surface area contributed by atoms with Crippen LogP contribution in [0.2, 0.25) is 0 Å². The Balaban J connectivity index is 1.78. The zero-order valence-electron chi connectivity index (χ0n) is 10.3. The third-order valence-corrected chi connectivity index (χ3v) is 2.93. The van der Waals surface area contributed by atoms with Crippen LogP contribution < -0.4 is 5.32 Å². The van der Waals surface area contributed by atoms with Crippen molar-refractivity contribution in [2.45, 2.75) is 19.1 Å². The topological polar surface area (TPSA) is 58.6 Å². The van der Waals surface area contributed by atoms with Crippen molar-refractivity contribution in [2.75, 3.05) is 13.6 Å². The van der Waals surface area contributed by atoms with E-state index in [0.717, 1.165) is 5.56 Å². The molecule has 1 saturated heterocycles. The first kappa shape index (κ1) is 12.4. The molecule has 0 aliphatic carbocycles. The fourth-order valence-corrected chi connectivity index (χ4v) is 1.86. The van der Waals surface area contributed by atoms with Crippen molar-refractivity contribution in [1.29, 1.82) is 0 Å². The number of rotatable bonds is 3. The number of amides is 2. The molecule has 0 bridgehead atoms. The van der Waals surface area contributed by atoms with Crippen molar-refractivity contribution in [3.05, 3.63) is 35.9 Å². The fourth-order valence-electron chi connectivity index (χ4n) is 1.86. The first-order valence-corrected chi connectivity index (χ1v) is 5.89. The summed E-state index contributed by atoms with van der Waals surface area (Å²) in [6.45, 7) is 0.881. The average molecular weight is 248 g/mol. The molecule has 1 fully saturated rings. The number of likely N-dealkylation sites (N-methyl/N-ethyl adjacent to an activating group) is 1. The monoisotopic (exact) mass is 248 g/mol. The highest BCUT2D eigenvalue weighted by Gasteiger charge is 2.30. The highest BCUT2D eigenvalue weighted by atomic mass is 16.5. The highest BCUT2D eigenvalue weighted by molar-refractivity contribution is 5.87. The summed E-state index contributed by atoms with van der Waals surface area (Å²) >= 11 is 0. The highest BCUT2D eigenvalue weighted by Crippen LogP contribution is 2.09. The van der Waals surface area contributed by atoms with Gasteiger partial charge in [0.1, 0.15) is 12.6 Å². The van der Waals surface area contributed by atoms with Gasteiger partial charge in [-0.05, 0) is 12.0 Å². The van der Waals surface area contributed by atoms with Crippen LogP contribution in [0, 0.1) is 0 Å². The van der Waals surface area contributed by atoms with Crippen molar-refractivity contribution in [3.63, 3.8) is 0 Å². The van der Waals surface area contributed by atoms with E-state index >= 15 is 0 Å². The van der Waals surface area contributed by atoms with Crippen LogP contribution in [-0.4, -0.2) is 36.5 Å². The van der Waals surface area contributed by atoms with Gasteiger partial charge in [-0.2, -0.15) is 0 Å². The maximum absolute atomic E-state index is 11.6. The van der Waals surface area contributed by atoms with E-state index in [4.69, 9.17) is 4.74 Å². The lowest BCUT2D eigenvalue weighted by Crippen LogP contribution is -2.40. The Morgan fingerprint density at radius 3 is 2.78 bits per heavy atom. The number of benzene rings is 1. The Kier molecular flexibility index (Phi) is 3.82. The van der Waals surface area contributed by atoms with E-state index in [-0.39, 0.29) is 12.5 Å². The van der Waals surface area contributed by atoms with Crippen molar-refractivity contribution in [1.82, 2.24) is 10.2 Å². The van der Waals surface area contributed by atoms with E-state index in [1.165, 1.54) is 0 Å². The second-order valence-electron chi connectivity index (χ2n) is 4.31. The molecule has 18 heavy (non-hydrogen) atoms. The summed E-state index contributed by atoms with van der Waals surface area (Å²) in [5, 5.41) is 2.58. The van der Waals surface area contributed by atoms with E-state index < -0.39 is 12.1 Å². The Bertz CT molecular complexity index is 433. The van der Waals surface area contributed by atoms with Gasteiger partial charge in [0.15, 0.2) is 0 Å². The van der Waals surface area contributed by atoms with E-state index in [1.54, 1.807) is 11.9 Å². The summed E-state index contributed by atoms with van der Waals surface area (Å²) in [6, 6.07) is 8.97. The standard InChI is InChI=1S/C13H16N2O3/c1-15-8-7-11(12(15)16)14-13(17)18-9-10-5-3-2-4-6-10/h2-6,11H,7-9H2,1H3,(H,14,17). The lowest BCUT2D eigenvalue weighted by Gasteiger charge is -2.12. The molecule has 2 rings (SSSR count). The molecule has 5 nitrogen and oxygen atoms in total. The van der Waals surface area contributed by atoms with Crippen LogP contribution >= 0.6 is 0 Å². The average Bonchev–Trinajstić information content (AvgIpc) is 2.70. The molecule has 1 aliphatic heterocycles. The first-order chi connectivity index (χ1) is 8.66. The molecule has 0 radical (unpaired) electrons. The Morgan fingerprint density at radius 2 is 2.17 bits per heavy atom. The summed E-state index contributed by atoms with van der Waals surface area (Å²) in [6.07, 6.45) is 0.0861. The van der Waals surface area contributed by atoms with Gasteiger partial charge in [-0.1, -0.05) is 30.3 Å². The summed E-state index contributed by atoms with van der Waals surface area (Å²) in [4.78, 5) is 24.7. The van der Waals surface area contributed by atoms with Crippen LogP contribution in [0.4, 0.5) is 4.79 Å². The Morgan fingerprint density at radius 1 is 1.44 bits per heavy atom. The molecular formula is C13H16N2O3. The van der Waals surface area contributed by atoms with Crippen molar-refractivity contribution >= 4 is 12.0 Å². The molecule has 1 aliphatic rings. The van der Waals surface area contributed by atoms with Gasteiger partial charge in [-0.3, -0.25) is 4.79 Å². The second-order valence-corrected chi connectivity index (χ2v) is 4.31. The van der Waals surface area contributed by atoms with Gasteiger partial charge < -0.3 is 15.0 Å². The van der Waals surface area contributed by atoms with Crippen LogP contribution in [0.1, 0.15) is 12.0 Å². The first-order valence-electron chi connectivity index (χ1n) is 5.89. The van der Waals surface area contributed by atoms with Crippen LogP contribution in [0.25, 0.3) is 0 Å². The van der Waals surface area contributed by atoms with Gasteiger partial charge in [0.25, 0.3) is 0 Å². The number of nitrogens with one attached hydrogen (secondary N) is 1. The molecule has 96 valence electrons. The zero-order valence-corrected chi connectivity index (χ0v) is 10.3. The number of hydrogen-bond donors (Lipinski definition) is 1. The van der Waals surface area contributed by atoms with Gasteiger partial charge >= 0.3 is 6.09 Å². The zero-order chi connectivity index (χ0) is 13.0. The second kappa shape index (κ2) is 5.53. The molecule has 0 saturated carbocycles. The largest absolute Gasteiger partial charge is 0.445 e. The molecule has 1 heterocycles. The number of carbonyl (C=O) groups is 2. The van der Waals surface area contributed by atoms with E-state index in [1.807, 2.05) is 30.3 Å². The molecular weight excluding hydrogens is 232 g/mol. The third kappa shape index (κ3) is 3.00. The van der Waals surface area contributed by atoms with Gasteiger partial charge in [-0.15, -0.1) is 0 Å². The minimum atomic E-state index is -0.549. The minimum absolute atomic E-state index is 0.0633. The summed E-state index contributed by atoms with van der Waals surface area (Å²) in [5.41, 5.74) is 0.919. The predicted molar refractivity (Wildman–Crippen MR) is 65.8 cm³/mol. The van der Waals surface area contributed by atoms with Crippen molar-refractivity contribution < 1.29 is 14.3 Å². The molecule has 1 N–H and O–H groups in total. The predicted octanol–water partition coefficient (Wildman–Crippen LogP) is 1.14. The number of ether oxygens (including phenoxy) is 1. The quantitative estimate of drug-likeness (QED) is 0.872. The van der Waals surface area contributed by atoms with Crippen LogP contribution in [0.5, 0.6) is 0 Å². The van der Waals surface area contributed by atoms with Gasteiger partial charge in [0, 0.05) is 13.6 Å². The minimum Gasteiger partial charge on any atom is -0.445 e. The summed E-state index contributed by atoms with van der Waals surface area (Å²) in [7, 11) is 1.72. The number of hydrogen-bond acceptors (Lipinski definition) is 3. The van der Waals surface area contributed by atoms with Crippen LogP contribution in [0.3, 0.4) is 0 Å². The van der Waals surface area contributed by atoms with E-state index in [0.29, 0.717) is 13.0 Å². The fraction of sp³-hybridized carbons (Fsp3) is 0.385. The maximum Gasteiger partial charge on any atom is 0.408 e. The number of carbonyl (C=O) groups excluding carboxylic acids is 2. The smallest absolute Gasteiger partial charge is 0.408 e. The Hall–Kier alpha value is -2.04. The summed E-state index contributed by atoms with van der Waals surface area (Å²) < 4.78 is 5.05. The van der Waals surface area contributed by atoms with Gasteiger partial charge in [0.2, 0.25) is 5.91 Å². The van der Waals surface area contributed by atoms with E-state index in [9.17, 15) is 9.59 Å². The van der Waals surface area contributed by atoms with Gasteiger partial charge in [0.05, 0.1) is 0 Å².